The fourth-order valence-electron chi connectivity index (χ4n) is 3.88. The summed E-state index contributed by atoms with van der Waals surface area (Å²) in [5.41, 5.74) is 1.76. The monoisotopic (exact) mass is 461 g/mol. The van der Waals surface area contributed by atoms with Gasteiger partial charge in [0.1, 0.15) is 0 Å². The fraction of sp³-hybridized carbons (Fsp3) is 0.636. The van der Waals surface area contributed by atoms with Crippen LogP contribution in [0.4, 0.5) is 4.79 Å². The van der Waals surface area contributed by atoms with Gasteiger partial charge in [-0.25, -0.2) is 4.79 Å². The van der Waals surface area contributed by atoms with Crippen molar-refractivity contribution in [3.05, 3.63) is 16.5 Å². The lowest BCUT2D eigenvalue weighted by atomic mass is 9.72. The zero-order valence-electron chi connectivity index (χ0n) is 18.8. The summed E-state index contributed by atoms with van der Waals surface area (Å²) in [4.78, 5) is 26.7. The number of nitrogens with zero attached hydrogens (tertiary/aromatic N) is 3. The minimum Gasteiger partial charge on any atom is -0.335 e. The number of aryl methyl sites for hydroxylation is 1. The highest BCUT2D eigenvalue weighted by molar-refractivity contribution is 8.00. The normalized spacial score (nSPS) is 19.6. The first kappa shape index (κ1) is 22.3. The number of hydrogen-bond donors (Lipinski definition) is 2. The molecule has 168 valence electrons. The molecule has 9 heteroatoms. The third-order valence-corrected chi connectivity index (χ3v) is 8.53. The summed E-state index contributed by atoms with van der Waals surface area (Å²) in [7, 11) is 1.93. The molecule has 0 radical (unpaired) electrons. The lowest BCUT2D eigenvalue weighted by Gasteiger charge is -2.33. The second-order valence-electron chi connectivity index (χ2n) is 9.73. The molecular formula is C22H31N5O2S2. The smallest absolute Gasteiger partial charge is 0.321 e. The van der Waals surface area contributed by atoms with E-state index in [4.69, 9.17) is 0 Å². The van der Waals surface area contributed by atoms with Crippen molar-refractivity contribution in [1.29, 1.82) is 0 Å². The van der Waals surface area contributed by atoms with E-state index in [-0.39, 0.29) is 11.9 Å². The zero-order valence-corrected chi connectivity index (χ0v) is 20.5. The van der Waals surface area contributed by atoms with Crippen molar-refractivity contribution in [2.24, 2.45) is 18.4 Å². The Bertz CT molecular complexity index is 987. The number of carbonyl (C=O) groups excluding carboxylic acids is 2. The Morgan fingerprint density at radius 2 is 2.00 bits per heavy atom. The van der Waals surface area contributed by atoms with E-state index in [2.05, 4.69) is 47.7 Å². The molecule has 2 aliphatic carbocycles. The average molecular weight is 462 g/mol. The first-order chi connectivity index (χ1) is 14.6. The van der Waals surface area contributed by atoms with Gasteiger partial charge in [0.2, 0.25) is 5.91 Å². The topological polar surface area (TPSA) is 88.9 Å². The molecule has 7 nitrogen and oxygen atoms in total. The molecule has 0 aromatic carbocycles. The number of imide groups is 1. The van der Waals surface area contributed by atoms with Crippen LogP contribution in [0.25, 0.3) is 10.7 Å². The fourth-order valence-corrected chi connectivity index (χ4v) is 5.92. The van der Waals surface area contributed by atoms with Crippen LogP contribution in [0.2, 0.25) is 0 Å². The van der Waals surface area contributed by atoms with Crippen LogP contribution >= 0.6 is 23.1 Å². The zero-order chi connectivity index (χ0) is 22.3. The summed E-state index contributed by atoms with van der Waals surface area (Å²) < 4.78 is 1.94. The molecule has 2 heterocycles. The van der Waals surface area contributed by atoms with Gasteiger partial charge in [-0.1, -0.05) is 32.5 Å². The van der Waals surface area contributed by atoms with Gasteiger partial charge in [-0.05, 0) is 62.0 Å². The number of fused-ring (bicyclic) bond motifs is 1. The highest BCUT2D eigenvalue weighted by Crippen LogP contribution is 2.42. The van der Waals surface area contributed by atoms with Crippen molar-refractivity contribution in [3.63, 3.8) is 0 Å². The minimum absolute atomic E-state index is 0.215. The van der Waals surface area contributed by atoms with Gasteiger partial charge in [-0.3, -0.25) is 10.1 Å². The summed E-state index contributed by atoms with van der Waals surface area (Å²) in [6.45, 7) is 8.76. The summed E-state index contributed by atoms with van der Waals surface area (Å²) in [5.74, 6) is 1.20. The Balaban J connectivity index is 1.42. The van der Waals surface area contributed by atoms with Crippen molar-refractivity contribution < 1.29 is 9.59 Å². The van der Waals surface area contributed by atoms with Crippen molar-refractivity contribution in [2.75, 3.05) is 0 Å². The predicted octanol–water partition coefficient (Wildman–Crippen LogP) is 4.16. The van der Waals surface area contributed by atoms with Crippen molar-refractivity contribution >= 4 is 35.0 Å². The van der Waals surface area contributed by atoms with Crippen molar-refractivity contribution in [3.8, 4) is 10.7 Å². The maximum absolute atomic E-state index is 12.3. The Kier molecular flexibility index (Phi) is 6.18. The molecule has 0 spiro atoms. The second kappa shape index (κ2) is 8.58. The molecule has 4 rings (SSSR count). The van der Waals surface area contributed by atoms with Gasteiger partial charge >= 0.3 is 6.03 Å². The van der Waals surface area contributed by atoms with Crippen LogP contribution < -0.4 is 10.6 Å². The Hall–Kier alpha value is -1.87. The van der Waals surface area contributed by atoms with Gasteiger partial charge in [0.25, 0.3) is 0 Å². The molecule has 31 heavy (non-hydrogen) atoms. The molecular weight excluding hydrogens is 430 g/mol. The van der Waals surface area contributed by atoms with Crippen LogP contribution in [-0.4, -0.2) is 38.0 Å². The predicted molar refractivity (Wildman–Crippen MR) is 124 cm³/mol. The van der Waals surface area contributed by atoms with Gasteiger partial charge in [0.15, 0.2) is 11.0 Å². The lowest BCUT2D eigenvalue weighted by Crippen LogP contribution is -2.43. The standard InChI is InChI=1S/C22H31N5O2S2/c1-12(19(28)24-20(29)23-15-7-8-15)30-21-26-25-18(27(21)5)17-11-13-10-14(22(2,3)4)6-9-16(13)31-17/h11-12,14-15H,6-10H2,1-5H3,(H2,23,24,28,29). The number of thiophene rings is 1. The molecule has 2 unspecified atom stereocenters. The van der Waals surface area contributed by atoms with E-state index < -0.39 is 11.3 Å². The highest BCUT2D eigenvalue weighted by Gasteiger charge is 2.31. The van der Waals surface area contributed by atoms with E-state index >= 15 is 0 Å². The SMILES string of the molecule is CC(Sc1nnc(-c2cc3c(s2)CCC(C(C)(C)C)C3)n1C)C(=O)NC(=O)NC1CC1. The Labute approximate surface area is 191 Å². The molecule has 0 bridgehead atoms. The summed E-state index contributed by atoms with van der Waals surface area (Å²) >= 11 is 3.12. The van der Waals surface area contributed by atoms with Gasteiger partial charge in [0, 0.05) is 18.0 Å². The molecule has 2 aromatic rings. The van der Waals surface area contributed by atoms with Crippen molar-refractivity contribution in [2.45, 2.75) is 76.2 Å². The molecule has 2 aliphatic rings. The van der Waals surface area contributed by atoms with E-state index in [1.807, 2.05) is 23.0 Å². The molecule has 3 amide bonds. The maximum atomic E-state index is 12.3. The van der Waals surface area contributed by atoms with Crippen LogP contribution in [0.5, 0.6) is 0 Å². The average Bonchev–Trinajstić information content (AvgIpc) is 3.28. The van der Waals surface area contributed by atoms with Crippen LogP contribution in [0.15, 0.2) is 11.2 Å². The van der Waals surface area contributed by atoms with E-state index in [1.54, 1.807) is 6.92 Å². The van der Waals surface area contributed by atoms with E-state index in [9.17, 15) is 9.59 Å². The molecule has 2 aromatic heterocycles. The summed E-state index contributed by atoms with van der Waals surface area (Å²) in [6, 6.07) is 2.07. The number of amides is 3. The van der Waals surface area contributed by atoms with E-state index in [1.165, 1.54) is 28.6 Å². The van der Waals surface area contributed by atoms with Crippen molar-refractivity contribution in [1.82, 2.24) is 25.4 Å². The Morgan fingerprint density at radius 3 is 2.68 bits per heavy atom. The minimum atomic E-state index is -0.454. The maximum Gasteiger partial charge on any atom is 0.321 e. The Morgan fingerprint density at radius 1 is 1.26 bits per heavy atom. The van der Waals surface area contributed by atoms with Crippen LogP contribution in [0.3, 0.4) is 0 Å². The molecule has 1 fully saturated rings. The number of rotatable bonds is 5. The second-order valence-corrected chi connectivity index (χ2v) is 12.2. The highest BCUT2D eigenvalue weighted by atomic mass is 32.2. The molecule has 0 saturated heterocycles. The lowest BCUT2D eigenvalue weighted by molar-refractivity contribution is -0.119. The number of hydrogen-bond acceptors (Lipinski definition) is 6. The van der Waals surface area contributed by atoms with Gasteiger partial charge in [-0.2, -0.15) is 0 Å². The van der Waals surface area contributed by atoms with Crippen LogP contribution in [-0.2, 0) is 24.7 Å². The summed E-state index contributed by atoms with van der Waals surface area (Å²) in [5, 5.41) is 14.1. The number of thioether (sulfide) groups is 1. The number of aromatic nitrogens is 3. The third-order valence-electron chi connectivity index (χ3n) is 6.16. The van der Waals surface area contributed by atoms with Gasteiger partial charge in [0.05, 0.1) is 10.1 Å². The number of carbonyl (C=O) groups is 2. The van der Waals surface area contributed by atoms with Crippen LogP contribution in [0, 0.1) is 11.3 Å². The van der Waals surface area contributed by atoms with Gasteiger partial charge < -0.3 is 9.88 Å². The summed E-state index contributed by atoms with van der Waals surface area (Å²) in [6.07, 6.45) is 5.45. The number of urea groups is 1. The van der Waals surface area contributed by atoms with E-state index in [0.29, 0.717) is 16.5 Å². The first-order valence-electron chi connectivity index (χ1n) is 10.9. The van der Waals surface area contributed by atoms with Gasteiger partial charge in [-0.15, -0.1) is 21.5 Å². The molecule has 1 saturated carbocycles. The van der Waals surface area contributed by atoms with Crippen LogP contribution in [0.1, 0.15) is 57.4 Å². The first-order valence-corrected chi connectivity index (χ1v) is 12.6. The quantitative estimate of drug-likeness (QED) is 0.653. The number of nitrogens with one attached hydrogen (secondary N) is 2. The molecule has 2 N–H and O–H groups in total. The van der Waals surface area contributed by atoms with E-state index in [0.717, 1.165) is 36.4 Å². The molecule has 0 aliphatic heterocycles. The molecule has 2 atom stereocenters. The largest absolute Gasteiger partial charge is 0.335 e. The third kappa shape index (κ3) is 5.14.